The first-order valence-electron chi connectivity index (χ1n) is 6.79. The lowest BCUT2D eigenvalue weighted by Crippen LogP contribution is -2.39. The minimum atomic E-state index is -0.519. The van der Waals surface area contributed by atoms with Crippen molar-refractivity contribution >= 4 is 17.7 Å². The van der Waals surface area contributed by atoms with E-state index in [1.807, 2.05) is 45.0 Å². The van der Waals surface area contributed by atoms with E-state index < -0.39 is 5.60 Å². The molecule has 1 aliphatic heterocycles. The van der Waals surface area contributed by atoms with Crippen LogP contribution in [0.25, 0.3) is 0 Å². The molecule has 0 aliphatic carbocycles. The number of likely N-dealkylation sites (tertiary alicyclic amines) is 1. The van der Waals surface area contributed by atoms with Crippen LogP contribution in [0.1, 0.15) is 38.8 Å². The van der Waals surface area contributed by atoms with E-state index in [0.717, 1.165) is 12.0 Å². The van der Waals surface area contributed by atoms with Gasteiger partial charge in [0.25, 0.3) is 0 Å². The van der Waals surface area contributed by atoms with Crippen molar-refractivity contribution in [2.45, 2.75) is 44.9 Å². The molecule has 0 bridgehead atoms. The molecule has 0 aromatic heterocycles. The predicted octanol–water partition coefficient (Wildman–Crippen LogP) is 3.35. The zero-order chi connectivity index (χ0) is 14.9. The molecule has 0 unspecified atom stereocenters. The highest BCUT2D eigenvalue weighted by atomic mass is 35.5. The molecule has 4 nitrogen and oxygen atoms in total. The van der Waals surface area contributed by atoms with Crippen LogP contribution >= 0.6 is 11.6 Å². The SMILES string of the molecule is CC(C)(C)OC(=O)N1CC[C@@H](N)[C@@H]1c1ccccc1Cl. The molecule has 1 aromatic rings. The maximum atomic E-state index is 12.3. The van der Waals surface area contributed by atoms with E-state index in [1.165, 1.54) is 0 Å². The Kier molecular flexibility index (Phi) is 4.25. The Labute approximate surface area is 124 Å². The standard InChI is InChI=1S/C15H21ClN2O2/c1-15(2,3)20-14(19)18-9-8-12(17)13(18)10-6-4-5-7-11(10)16/h4-7,12-13H,8-9,17H2,1-3H3/t12-,13+/m1/s1. The van der Waals surface area contributed by atoms with Gasteiger partial charge in [0.1, 0.15) is 5.60 Å². The molecule has 2 rings (SSSR count). The van der Waals surface area contributed by atoms with Crippen LogP contribution in [0.15, 0.2) is 24.3 Å². The van der Waals surface area contributed by atoms with Gasteiger partial charge in [-0.25, -0.2) is 4.79 Å². The Hall–Kier alpha value is -1.26. The third-order valence-corrected chi connectivity index (χ3v) is 3.64. The first-order chi connectivity index (χ1) is 9.29. The second-order valence-corrected chi connectivity index (χ2v) is 6.50. The summed E-state index contributed by atoms with van der Waals surface area (Å²) in [7, 11) is 0. The zero-order valence-electron chi connectivity index (χ0n) is 12.1. The molecule has 110 valence electrons. The molecule has 1 heterocycles. The molecular weight excluding hydrogens is 276 g/mol. The zero-order valence-corrected chi connectivity index (χ0v) is 12.9. The number of rotatable bonds is 1. The van der Waals surface area contributed by atoms with E-state index in [0.29, 0.717) is 11.6 Å². The quantitative estimate of drug-likeness (QED) is 0.864. The van der Waals surface area contributed by atoms with Crippen molar-refractivity contribution in [3.63, 3.8) is 0 Å². The van der Waals surface area contributed by atoms with E-state index >= 15 is 0 Å². The van der Waals surface area contributed by atoms with Gasteiger partial charge in [-0.15, -0.1) is 0 Å². The third-order valence-electron chi connectivity index (χ3n) is 3.30. The molecule has 0 spiro atoms. The van der Waals surface area contributed by atoms with E-state index in [9.17, 15) is 4.79 Å². The van der Waals surface area contributed by atoms with Crippen molar-refractivity contribution in [3.05, 3.63) is 34.9 Å². The Bertz CT molecular complexity index is 499. The van der Waals surface area contributed by atoms with E-state index in [4.69, 9.17) is 22.1 Å². The van der Waals surface area contributed by atoms with Crippen LogP contribution in [0.2, 0.25) is 5.02 Å². The van der Waals surface area contributed by atoms with Gasteiger partial charge in [0.15, 0.2) is 0 Å². The van der Waals surface area contributed by atoms with E-state index in [2.05, 4.69) is 0 Å². The van der Waals surface area contributed by atoms with Gasteiger partial charge in [-0.2, -0.15) is 0 Å². The highest BCUT2D eigenvalue weighted by molar-refractivity contribution is 6.31. The topological polar surface area (TPSA) is 55.6 Å². The van der Waals surface area contributed by atoms with Gasteiger partial charge < -0.3 is 10.5 Å². The molecular formula is C15H21ClN2O2. The minimum absolute atomic E-state index is 0.123. The molecule has 1 saturated heterocycles. The summed E-state index contributed by atoms with van der Waals surface area (Å²) in [6.07, 6.45) is 0.408. The molecule has 2 N–H and O–H groups in total. The Morgan fingerprint density at radius 1 is 1.40 bits per heavy atom. The monoisotopic (exact) mass is 296 g/mol. The molecule has 0 saturated carbocycles. The molecule has 5 heteroatoms. The summed E-state index contributed by atoms with van der Waals surface area (Å²) in [5.41, 5.74) is 6.52. The van der Waals surface area contributed by atoms with Gasteiger partial charge >= 0.3 is 6.09 Å². The minimum Gasteiger partial charge on any atom is -0.444 e. The number of halogens is 1. The maximum absolute atomic E-state index is 12.3. The number of hydrogen-bond donors (Lipinski definition) is 1. The lowest BCUT2D eigenvalue weighted by molar-refractivity contribution is 0.0218. The molecule has 0 radical (unpaired) electrons. The summed E-state index contributed by atoms with van der Waals surface area (Å²) in [6.45, 7) is 6.15. The molecule has 1 amide bonds. The fourth-order valence-electron chi connectivity index (χ4n) is 2.46. The summed E-state index contributed by atoms with van der Waals surface area (Å²) in [5, 5.41) is 0.628. The summed E-state index contributed by atoms with van der Waals surface area (Å²) in [6, 6.07) is 7.15. The number of nitrogens with two attached hydrogens (primary N) is 1. The molecule has 1 aromatic carbocycles. The van der Waals surface area contributed by atoms with E-state index in [-0.39, 0.29) is 18.2 Å². The fourth-order valence-corrected chi connectivity index (χ4v) is 2.70. The van der Waals surface area contributed by atoms with Crippen LogP contribution in [0, 0.1) is 0 Å². The number of ether oxygens (including phenoxy) is 1. The first kappa shape index (κ1) is 15.1. The largest absolute Gasteiger partial charge is 0.444 e. The van der Waals surface area contributed by atoms with E-state index in [1.54, 1.807) is 4.90 Å². The second-order valence-electron chi connectivity index (χ2n) is 6.09. The van der Waals surface area contributed by atoms with Crippen LogP contribution in [0.4, 0.5) is 4.79 Å². The lowest BCUT2D eigenvalue weighted by atomic mass is 10.0. The summed E-state index contributed by atoms with van der Waals surface area (Å²) >= 11 is 6.24. The Morgan fingerprint density at radius 2 is 2.05 bits per heavy atom. The lowest BCUT2D eigenvalue weighted by Gasteiger charge is -2.30. The van der Waals surface area contributed by atoms with Gasteiger partial charge in [-0.1, -0.05) is 29.8 Å². The Morgan fingerprint density at radius 3 is 2.65 bits per heavy atom. The van der Waals surface area contributed by atoms with Crippen molar-refractivity contribution in [1.29, 1.82) is 0 Å². The molecule has 2 atom stereocenters. The van der Waals surface area contributed by atoms with Crippen molar-refractivity contribution in [2.75, 3.05) is 6.54 Å². The Balaban J connectivity index is 2.26. The van der Waals surface area contributed by atoms with Gasteiger partial charge in [-0.05, 0) is 38.8 Å². The fraction of sp³-hybridized carbons (Fsp3) is 0.533. The van der Waals surface area contributed by atoms with Crippen LogP contribution in [-0.4, -0.2) is 29.2 Å². The number of nitrogens with zero attached hydrogens (tertiary/aromatic N) is 1. The normalized spacial score (nSPS) is 22.9. The van der Waals surface area contributed by atoms with Crippen molar-refractivity contribution < 1.29 is 9.53 Å². The van der Waals surface area contributed by atoms with Crippen LogP contribution < -0.4 is 5.73 Å². The number of carbonyl (C=O) groups excluding carboxylic acids is 1. The second kappa shape index (κ2) is 5.62. The number of hydrogen-bond acceptors (Lipinski definition) is 3. The van der Waals surface area contributed by atoms with Crippen LogP contribution in [-0.2, 0) is 4.74 Å². The summed E-state index contributed by atoms with van der Waals surface area (Å²) in [5.74, 6) is 0. The average Bonchev–Trinajstić information content (AvgIpc) is 2.70. The smallest absolute Gasteiger partial charge is 0.410 e. The molecule has 1 fully saturated rings. The maximum Gasteiger partial charge on any atom is 0.410 e. The highest BCUT2D eigenvalue weighted by Crippen LogP contribution is 2.35. The van der Waals surface area contributed by atoms with Crippen molar-refractivity contribution in [1.82, 2.24) is 4.90 Å². The number of carbonyl (C=O) groups is 1. The van der Waals surface area contributed by atoms with Gasteiger partial charge in [-0.3, -0.25) is 4.90 Å². The summed E-state index contributed by atoms with van der Waals surface area (Å²) in [4.78, 5) is 14.0. The summed E-state index contributed by atoms with van der Waals surface area (Å²) < 4.78 is 5.45. The van der Waals surface area contributed by atoms with Crippen molar-refractivity contribution in [2.24, 2.45) is 5.73 Å². The number of amides is 1. The van der Waals surface area contributed by atoms with Gasteiger partial charge in [0, 0.05) is 17.6 Å². The van der Waals surface area contributed by atoms with Crippen LogP contribution in [0.3, 0.4) is 0 Å². The molecule has 1 aliphatic rings. The molecule has 20 heavy (non-hydrogen) atoms. The first-order valence-corrected chi connectivity index (χ1v) is 7.17. The highest BCUT2D eigenvalue weighted by Gasteiger charge is 2.39. The predicted molar refractivity (Wildman–Crippen MR) is 79.7 cm³/mol. The average molecular weight is 297 g/mol. The third kappa shape index (κ3) is 3.25. The van der Waals surface area contributed by atoms with Crippen molar-refractivity contribution in [3.8, 4) is 0 Å². The number of benzene rings is 1. The van der Waals surface area contributed by atoms with Crippen LogP contribution in [0.5, 0.6) is 0 Å². The van der Waals surface area contributed by atoms with Gasteiger partial charge in [0.2, 0.25) is 0 Å². The van der Waals surface area contributed by atoms with Gasteiger partial charge in [0.05, 0.1) is 6.04 Å².